The molecule has 1 heterocycles. The lowest BCUT2D eigenvalue weighted by Crippen LogP contribution is -2.34. The summed E-state index contributed by atoms with van der Waals surface area (Å²) in [6, 6.07) is 10.2. The number of hydrogen-bond acceptors (Lipinski definition) is 6. The van der Waals surface area contributed by atoms with Gasteiger partial charge in [0.1, 0.15) is 0 Å². The number of fused-ring (bicyclic) bond motifs is 1. The van der Waals surface area contributed by atoms with Crippen molar-refractivity contribution in [1.29, 1.82) is 0 Å². The Balaban J connectivity index is 1.72. The lowest BCUT2D eigenvalue weighted by molar-refractivity contribution is -0.168. The highest BCUT2D eigenvalue weighted by atomic mass is 16.6. The Labute approximate surface area is 185 Å². The number of esters is 1. The summed E-state index contributed by atoms with van der Waals surface area (Å²) in [6.45, 7) is 5.83. The summed E-state index contributed by atoms with van der Waals surface area (Å²) in [5.74, 6) is -0.502. The molecule has 6 nitrogen and oxygen atoms in total. The highest BCUT2D eigenvalue weighted by Gasteiger charge is 2.27. The van der Waals surface area contributed by atoms with Crippen LogP contribution in [0, 0.1) is 5.92 Å². The third-order valence-corrected chi connectivity index (χ3v) is 5.26. The number of rotatable bonds is 8. The van der Waals surface area contributed by atoms with Crippen LogP contribution in [-0.2, 0) is 14.3 Å². The zero-order chi connectivity index (χ0) is 22.4. The first-order valence-corrected chi connectivity index (χ1v) is 11.0. The van der Waals surface area contributed by atoms with Gasteiger partial charge in [-0.25, -0.2) is 0 Å². The van der Waals surface area contributed by atoms with E-state index in [0.717, 1.165) is 47.6 Å². The van der Waals surface area contributed by atoms with Crippen molar-refractivity contribution in [3.8, 4) is 0 Å². The van der Waals surface area contributed by atoms with Gasteiger partial charge >= 0.3 is 5.97 Å². The van der Waals surface area contributed by atoms with Crippen molar-refractivity contribution < 1.29 is 19.4 Å². The van der Waals surface area contributed by atoms with Gasteiger partial charge in [-0.1, -0.05) is 36.4 Å². The van der Waals surface area contributed by atoms with E-state index in [1.165, 1.54) is 7.11 Å². The largest absolute Gasteiger partial charge is 0.469 e. The second-order valence-electron chi connectivity index (χ2n) is 8.96. The zero-order valence-electron chi connectivity index (χ0n) is 18.9. The molecule has 168 valence electrons. The van der Waals surface area contributed by atoms with E-state index in [1.54, 1.807) is 0 Å². The summed E-state index contributed by atoms with van der Waals surface area (Å²) in [6.07, 6.45) is 7.08. The van der Waals surface area contributed by atoms with Gasteiger partial charge in [-0.3, -0.25) is 4.79 Å². The van der Waals surface area contributed by atoms with Crippen LogP contribution in [-0.4, -0.2) is 30.1 Å². The highest BCUT2D eigenvalue weighted by molar-refractivity contribution is 5.77. The van der Waals surface area contributed by atoms with Crippen LogP contribution in [0.4, 0.5) is 0 Å². The number of aliphatic hydroxyl groups is 1. The van der Waals surface area contributed by atoms with E-state index in [2.05, 4.69) is 22.8 Å². The van der Waals surface area contributed by atoms with Gasteiger partial charge < -0.3 is 25.2 Å². The molecular formula is C25H34N2O4. The summed E-state index contributed by atoms with van der Waals surface area (Å²) in [4.78, 5) is 12.0. The first-order chi connectivity index (χ1) is 14.8. The van der Waals surface area contributed by atoms with Crippen LogP contribution >= 0.6 is 0 Å². The molecule has 31 heavy (non-hydrogen) atoms. The Kier molecular flexibility index (Phi) is 7.57. The number of nitrogens with one attached hydrogen (secondary N) is 2. The molecular weight excluding hydrogens is 392 g/mol. The van der Waals surface area contributed by atoms with E-state index in [-0.39, 0.29) is 17.5 Å². The molecule has 0 aromatic heterocycles. The monoisotopic (exact) mass is 426 g/mol. The number of carbonyl (C=O) groups is 1. The van der Waals surface area contributed by atoms with Crippen molar-refractivity contribution >= 4 is 11.7 Å². The zero-order valence-corrected chi connectivity index (χ0v) is 18.9. The SMILES string of the molecule is COC(=O)C1C=C2NC(c3ccccc3)=C(CCCCC(O)OC(C)(C)C)NC2=CC1. The van der Waals surface area contributed by atoms with Crippen molar-refractivity contribution in [3.05, 3.63) is 65.1 Å². The number of methoxy groups -OCH3 is 1. The topological polar surface area (TPSA) is 79.8 Å². The van der Waals surface area contributed by atoms with Gasteiger partial charge in [0.25, 0.3) is 0 Å². The lowest BCUT2D eigenvalue weighted by Gasteiger charge is -2.31. The quantitative estimate of drug-likeness (QED) is 0.328. The minimum absolute atomic E-state index is 0.225. The summed E-state index contributed by atoms with van der Waals surface area (Å²) in [5, 5.41) is 17.2. The van der Waals surface area contributed by atoms with Crippen LogP contribution < -0.4 is 10.6 Å². The molecule has 0 saturated carbocycles. The van der Waals surface area contributed by atoms with Crippen LogP contribution in [0.15, 0.2) is 59.6 Å². The molecule has 2 unspecified atom stereocenters. The number of carbonyl (C=O) groups excluding carboxylic acids is 1. The number of benzene rings is 1. The number of ether oxygens (including phenoxy) is 2. The Morgan fingerprint density at radius 2 is 1.90 bits per heavy atom. The molecule has 0 bridgehead atoms. The number of unbranched alkanes of at least 4 members (excludes halogenated alkanes) is 1. The molecule has 0 fully saturated rings. The molecule has 0 spiro atoms. The van der Waals surface area contributed by atoms with Gasteiger partial charge in [0.05, 0.1) is 35.7 Å². The van der Waals surface area contributed by atoms with E-state index in [9.17, 15) is 9.90 Å². The van der Waals surface area contributed by atoms with Crippen LogP contribution in [0.2, 0.25) is 0 Å². The van der Waals surface area contributed by atoms with E-state index in [4.69, 9.17) is 9.47 Å². The number of aliphatic hydroxyl groups excluding tert-OH is 1. The Morgan fingerprint density at radius 1 is 1.16 bits per heavy atom. The Bertz CT molecular complexity index is 865. The van der Waals surface area contributed by atoms with Crippen LogP contribution in [0.5, 0.6) is 0 Å². The van der Waals surface area contributed by atoms with Gasteiger partial charge in [0.2, 0.25) is 0 Å². The first kappa shape index (κ1) is 23.1. The van der Waals surface area contributed by atoms with Gasteiger partial charge in [-0.15, -0.1) is 0 Å². The fourth-order valence-corrected chi connectivity index (χ4v) is 3.82. The normalized spacial score (nSPS) is 19.5. The molecule has 1 aromatic carbocycles. The van der Waals surface area contributed by atoms with Crippen molar-refractivity contribution in [1.82, 2.24) is 10.6 Å². The smallest absolute Gasteiger partial charge is 0.312 e. The van der Waals surface area contributed by atoms with Crippen molar-refractivity contribution in [3.63, 3.8) is 0 Å². The van der Waals surface area contributed by atoms with Crippen LogP contribution in [0.1, 0.15) is 58.4 Å². The lowest BCUT2D eigenvalue weighted by atomic mass is 9.94. The molecule has 0 radical (unpaired) electrons. The Hall–Kier alpha value is -2.57. The van der Waals surface area contributed by atoms with Gasteiger partial charge in [0, 0.05) is 5.70 Å². The molecule has 1 aliphatic heterocycles. The predicted molar refractivity (Wildman–Crippen MR) is 121 cm³/mol. The van der Waals surface area contributed by atoms with Crippen molar-refractivity contribution in [2.45, 2.75) is 64.8 Å². The van der Waals surface area contributed by atoms with Crippen molar-refractivity contribution in [2.24, 2.45) is 5.92 Å². The molecule has 6 heteroatoms. The summed E-state index contributed by atoms with van der Waals surface area (Å²) in [5.41, 5.74) is 4.75. The predicted octanol–water partition coefficient (Wildman–Crippen LogP) is 4.20. The molecule has 1 aromatic rings. The third-order valence-electron chi connectivity index (χ3n) is 5.26. The van der Waals surface area contributed by atoms with Gasteiger partial charge in [-0.05, 0) is 64.5 Å². The Morgan fingerprint density at radius 3 is 2.58 bits per heavy atom. The molecule has 3 N–H and O–H groups in total. The summed E-state index contributed by atoms with van der Waals surface area (Å²) < 4.78 is 10.5. The van der Waals surface area contributed by atoms with Crippen LogP contribution in [0.25, 0.3) is 5.70 Å². The fraction of sp³-hybridized carbons (Fsp3) is 0.480. The second-order valence-corrected chi connectivity index (χ2v) is 8.96. The summed E-state index contributed by atoms with van der Waals surface area (Å²) in [7, 11) is 1.42. The van der Waals surface area contributed by atoms with E-state index >= 15 is 0 Å². The van der Waals surface area contributed by atoms with E-state index in [1.807, 2.05) is 51.1 Å². The average molecular weight is 427 g/mol. The fourth-order valence-electron chi connectivity index (χ4n) is 3.82. The maximum Gasteiger partial charge on any atom is 0.312 e. The summed E-state index contributed by atoms with van der Waals surface area (Å²) >= 11 is 0. The number of hydrogen-bond donors (Lipinski definition) is 3. The maximum absolute atomic E-state index is 12.0. The second kappa shape index (κ2) is 10.2. The minimum atomic E-state index is -0.745. The molecule has 1 aliphatic carbocycles. The first-order valence-electron chi connectivity index (χ1n) is 11.0. The standard InChI is InChI=1S/C25H34N2O4/c1-25(2,3)31-22(28)13-9-8-12-20-23(17-10-6-5-7-11-17)27-21-16-18(24(29)30-4)14-15-19(21)26-20/h5-7,10-11,15-16,18,22,26-28H,8-9,12-14H2,1-4H3. The molecule has 0 amide bonds. The average Bonchev–Trinajstić information content (AvgIpc) is 2.74. The number of allylic oxidation sites excluding steroid dienone is 2. The maximum atomic E-state index is 12.0. The van der Waals surface area contributed by atoms with Crippen molar-refractivity contribution in [2.75, 3.05) is 7.11 Å². The molecule has 2 aliphatic rings. The van der Waals surface area contributed by atoms with E-state index < -0.39 is 6.29 Å². The minimum Gasteiger partial charge on any atom is -0.469 e. The van der Waals surface area contributed by atoms with Crippen LogP contribution in [0.3, 0.4) is 0 Å². The molecule has 0 saturated heterocycles. The molecule has 2 atom stereocenters. The highest BCUT2D eigenvalue weighted by Crippen LogP contribution is 2.31. The van der Waals surface area contributed by atoms with Gasteiger partial charge in [-0.2, -0.15) is 0 Å². The third kappa shape index (κ3) is 6.45. The van der Waals surface area contributed by atoms with E-state index in [0.29, 0.717) is 12.8 Å². The van der Waals surface area contributed by atoms with Gasteiger partial charge in [0.15, 0.2) is 6.29 Å². The molecule has 3 rings (SSSR count).